The molecule has 2 N–H and O–H groups in total. The van der Waals surface area contributed by atoms with E-state index < -0.39 is 0 Å². The van der Waals surface area contributed by atoms with E-state index in [1.807, 2.05) is 24.3 Å². The van der Waals surface area contributed by atoms with Crippen molar-refractivity contribution in [3.63, 3.8) is 0 Å². The van der Waals surface area contributed by atoms with E-state index in [4.69, 9.17) is 0 Å². The fourth-order valence-electron chi connectivity index (χ4n) is 0.940. The molecule has 2 aromatic rings. The number of aryl methyl sites for hydroxylation is 2. The molecule has 0 amide bonds. The van der Waals surface area contributed by atoms with Gasteiger partial charge in [0.15, 0.2) is 0 Å². The molecule has 2 aromatic carbocycles. The number of rotatable bonds is 0. The third-order valence-electron chi connectivity index (χ3n) is 1.66. The summed E-state index contributed by atoms with van der Waals surface area (Å²) in [5.74, 6) is 0. The van der Waals surface area contributed by atoms with Crippen LogP contribution < -0.4 is 0 Å². The minimum atomic E-state index is 0. The van der Waals surface area contributed by atoms with Crippen molar-refractivity contribution in [2.45, 2.75) is 13.8 Å². The summed E-state index contributed by atoms with van der Waals surface area (Å²) in [6.45, 7) is 4.17. The van der Waals surface area contributed by atoms with Gasteiger partial charge in [-0.3, -0.25) is 0 Å². The Morgan fingerprint density at radius 2 is 0.789 bits per heavy atom. The van der Waals surface area contributed by atoms with Gasteiger partial charge < -0.3 is 5.48 Å². The van der Waals surface area contributed by atoms with Crippen LogP contribution in [0.1, 0.15) is 11.1 Å². The Balaban J connectivity index is -0.000000188. The average Bonchev–Trinajstić information content (AvgIpc) is 2.95. The van der Waals surface area contributed by atoms with Crippen LogP contribution in [0.15, 0.2) is 48.5 Å². The average molecular weight is 592 g/mol. The van der Waals surface area contributed by atoms with Crippen LogP contribution in [0.2, 0.25) is 0 Å². The Morgan fingerprint density at radius 3 is 0.842 bits per heavy atom. The molecular formula is C12H16Br4OTi2-2. The van der Waals surface area contributed by atoms with Crippen LogP contribution in [0.3, 0.4) is 0 Å². The normalized spacial score (nSPS) is 7.05. The van der Waals surface area contributed by atoms with Crippen molar-refractivity contribution < 1.29 is 35.4 Å². The Labute approximate surface area is 159 Å². The van der Waals surface area contributed by atoms with Crippen LogP contribution in [-0.4, -0.2) is 5.48 Å². The van der Waals surface area contributed by atoms with Gasteiger partial charge >= 0.3 is 82.6 Å². The number of halogens is 4. The molecule has 0 atom stereocenters. The molecule has 1 nitrogen and oxygen atoms in total. The first-order valence-corrected chi connectivity index (χ1v) is 20.3. The molecule has 19 heavy (non-hydrogen) atoms. The summed E-state index contributed by atoms with van der Waals surface area (Å²) in [6.07, 6.45) is 0. The van der Waals surface area contributed by atoms with Gasteiger partial charge in [0.2, 0.25) is 0 Å². The zero-order valence-electron chi connectivity index (χ0n) is 10.6. The monoisotopic (exact) mass is 588 g/mol. The Hall–Kier alpha value is 2.01. The van der Waals surface area contributed by atoms with E-state index in [0.29, 0.717) is 0 Å². The predicted octanol–water partition coefficient (Wildman–Crippen LogP) is 5.98. The molecule has 0 spiro atoms. The molecule has 0 saturated carbocycles. The molecule has 0 aliphatic rings. The van der Waals surface area contributed by atoms with Gasteiger partial charge in [-0.15, -0.1) is 0 Å². The Kier molecular flexibility index (Phi) is 30.4. The van der Waals surface area contributed by atoms with Crippen molar-refractivity contribution in [3.05, 3.63) is 59.7 Å². The third kappa shape index (κ3) is 25.3. The van der Waals surface area contributed by atoms with E-state index in [0.717, 1.165) is 0 Å². The van der Waals surface area contributed by atoms with Crippen molar-refractivity contribution in [2.75, 3.05) is 0 Å². The zero-order valence-corrected chi connectivity index (χ0v) is 20.1. The molecule has 0 aliphatic heterocycles. The first kappa shape index (κ1) is 25.9. The van der Waals surface area contributed by atoms with Gasteiger partial charge in [0.25, 0.3) is 0 Å². The van der Waals surface area contributed by atoms with Gasteiger partial charge in [-0.2, -0.15) is 35.4 Å². The van der Waals surface area contributed by atoms with Gasteiger partial charge in [-0.25, -0.2) is 24.3 Å². The quantitative estimate of drug-likeness (QED) is 0.267. The molecule has 0 aromatic heterocycles. The van der Waals surface area contributed by atoms with E-state index in [2.05, 4.69) is 90.8 Å². The van der Waals surface area contributed by atoms with Crippen LogP contribution in [0.4, 0.5) is 0 Å². The van der Waals surface area contributed by atoms with E-state index >= 15 is 0 Å². The van der Waals surface area contributed by atoms with Crippen LogP contribution in [-0.2, 0) is 29.9 Å². The second kappa shape index (κ2) is 22.3. The summed E-state index contributed by atoms with van der Waals surface area (Å²) >= 11 is 13.0. The minimum absolute atomic E-state index is 0. The van der Waals surface area contributed by atoms with Crippen LogP contribution in [0.5, 0.6) is 0 Å². The van der Waals surface area contributed by atoms with E-state index in [9.17, 15) is 0 Å². The number of hydrogen-bond donors (Lipinski definition) is 0. The van der Waals surface area contributed by atoms with Crippen molar-refractivity contribution in [2.24, 2.45) is 0 Å². The molecule has 7 heteroatoms. The molecule has 0 unspecified atom stereocenters. The second-order valence-electron chi connectivity index (χ2n) is 3.07. The SMILES string of the molecule is C[c-]1cccc1.C[c-]1cccc1.O.[Br][Ti][Br].[Br][Ti][Br]. The van der Waals surface area contributed by atoms with Gasteiger partial charge in [0.1, 0.15) is 0 Å². The van der Waals surface area contributed by atoms with E-state index in [-0.39, 0.29) is 35.4 Å². The second-order valence-corrected chi connectivity index (χ2v) is 18.8. The van der Waals surface area contributed by atoms with E-state index in [1.165, 1.54) is 11.1 Å². The van der Waals surface area contributed by atoms with Gasteiger partial charge in [0.05, 0.1) is 0 Å². The van der Waals surface area contributed by atoms with Crippen LogP contribution in [0, 0.1) is 13.8 Å². The molecule has 0 radical (unpaired) electrons. The zero-order chi connectivity index (χ0) is 14.2. The third-order valence-corrected chi connectivity index (χ3v) is 1.66. The Bertz CT molecular complexity index is 291. The predicted molar refractivity (Wildman–Crippen MR) is 92.9 cm³/mol. The summed E-state index contributed by atoms with van der Waals surface area (Å²) in [5, 5.41) is 0. The molecule has 108 valence electrons. The first-order valence-electron chi connectivity index (χ1n) is 4.91. The molecule has 0 saturated heterocycles. The van der Waals surface area contributed by atoms with E-state index in [1.54, 1.807) is 0 Å². The van der Waals surface area contributed by atoms with Gasteiger partial charge in [0, 0.05) is 0 Å². The standard InChI is InChI=1S/2C6H7.4BrH.H2O.2Ti/c2*1-6-4-2-3-5-6;;;;;;;/h2*2-5H,1H3;4*1H;1H2;;/q2*-1;;;;;;2*+2/p-4. The van der Waals surface area contributed by atoms with Crippen LogP contribution in [0.25, 0.3) is 0 Å². The number of hydrogen-bond acceptors (Lipinski definition) is 0. The summed E-state index contributed by atoms with van der Waals surface area (Å²) in [5.41, 5.74) is 2.69. The summed E-state index contributed by atoms with van der Waals surface area (Å²) in [4.78, 5) is 0. The molecular weight excluding hydrogens is 575 g/mol. The summed E-state index contributed by atoms with van der Waals surface area (Å²) < 4.78 is 0. The molecule has 0 fully saturated rings. The van der Waals surface area contributed by atoms with Crippen molar-refractivity contribution in [1.82, 2.24) is 0 Å². The summed E-state index contributed by atoms with van der Waals surface area (Å²) in [7, 11) is 0. The molecule has 0 bridgehead atoms. The van der Waals surface area contributed by atoms with Crippen molar-refractivity contribution in [3.8, 4) is 0 Å². The fourth-order valence-corrected chi connectivity index (χ4v) is 0.940. The maximum absolute atomic E-state index is 3.19. The fraction of sp³-hybridized carbons (Fsp3) is 0.167. The van der Waals surface area contributed by atoms with Crippen molar-refractivity contribution in [1.29, 1.82) is 0 Å². The van der Waals surface area contributed by atoms with Crippen LogP contribution >= 0.6 is 52.6 Å². The summed E-state index contributed by atoms with van der Waals surface area (Å²) in [6, 6.07) is 16.5. The molecule has 2 rings (SSSR count). The van der Waals surface area contributed by atoms with Gasteiger partial charge in [-0.05, 0) is 0 Å². The maximum atomic E-state index is 3.19. The first-order chi connectivity index (χ1) is 8.62. The molecule has 0 aliphatic carbocycles. The topological polar surface area (TPSA) is 31.5 Å². The van der Waals surface area contributed by atoms with Gasteiger partial charge in [-0.1, -0.05) is 13.8 Å². The molecule has 0 heterocycles. The Morgan fingerprint density at radius 1 is 0.632 bits per heavy atom. The van der Waals surface area contributed by atoms with Crippen molar-refractivity contribution >= 4 is 52.6 Å².